The van der Waals surface area contributed by atoms with Crippen LogP contribution in [0, 0.1) is 0 Å². The molecule has 1 aromatic rings. The molecule has 3 N–H and O–H groups in total. The first-order valence-electron chi connectivity index (χ1n) is 4.22. The minimum atomic E-state index is -0.159. The molecule has 0 bridgehead atoms. The van der Waals surface area contributed by atoms with Gasteiger partial charge in [-0.25, -0.2) is 0 Å². The molecule has 0 spiro atoms. The number of benzene rings is 1. The zero-order valence-electron chi connectivity index (χ0n) is 7.73. The Bertz CT molecular complexity index is 263. The van der Waals surface area contributed by atoms with Gasteiger partial charge < -0.3 is 15.6 Å². The molecule has 3 heteroatoms. The minimum absolute atomic E-state index is 0.0214. The molecule has 0 aliphatic rings. The van der Waals surface area contributed by atoms with Crippen LogP contribution in [0.5, 0.6) is 0 Å². The Balaban J connectivity index is 2.85. The Morgan fingerprint density at radius 1 is 1.46 bits per heavy atom. The molecule has 3 nitrogen and oxygen atoms in total. The highest BCUT2D eigenvalue weighted by Gasteiger charge is 2.08. The molecular weight excluding hydrogens is 166 g/mol. The summed E-state index contributed by atoms with van der Waals surface area (Å²) in [6.45, 7) is 0.491. The van der Waals surface area contributed by atoms with E-state index in [0.717, 1.165) is 11.1 Å². The van der Waals surface area contributed by atoms with E-state index in [0.29, 0.717) is 6.61 Å². The van der Waals surface area contributed by atoms with Gasteiger partial charge in [-0.2, -0.15) is 0 Å². The lowest BCUT2D eigenvalue weighted by Gasteiger charge is -2.14. The molecule has 0 aliphatic heterocycles. The molecule has 0 fully saturated rings. The van der Waals surface area contributed by atoms with Crippen LogP contribution < -0.4 is 5.73 Å². The molecule has 1 rings (SSSR count). The number of aliphatic hydroxyl groups excluding tert-OH is 1. The van der Waals surface area contributed by atoms with Crippen molar-refractivity contribution in [3.8, 4) is 0 Å². The lowest BCUT2D eigenvalue weighted by atomic mass is 10.0. The van der Waals surface area contributed by atoms with Crippen LogP contribution in [0.4, 0.5) is 0 Å². The van der Waals surface area contributed by atoms with Crippen LogP contribution >= 0.6 is 0 Å². The van der Waals surface area contributed by atoms with Gasteiger partial charge in [0.25, 0.3) is 0 Å². The zero-order valence-corrected chi connectivity index (χ0v) is 7.73. The van der Waals surface area contributed by atoms with E-state index in [-0.39, 0.29) is 12.6 Å². The Hall–Kier alpha value is -0.900. The smallest absolute Gasteiger partial charge is 0.0685 e. The predicted octanol–water partition coefficient (Wildman–Crippen LogP) is 0.825. The summed E-state index contributed by atoms with van der Waals surface area (Å²) in [5, 5.41) is 9.04. The fraction of sp³-hybridized carbons (Fsp3) is 0.400. The maximum absolute atomic E-state index is 9.04. The van der Waals surface area contributed by atoms with Crippen LogP contribution in [0.15, 0.2) is 24.3 Å². The number of ether oxygens (including phenoxy) is 1. The summed E-state index contributed by atoms with van der Waals surface area (Å²) in [5.74, 6) is 0. The van der Waals surface area contributed by atoms with Gasteiger partial charge in [0.2, 0.25) is 0 Å². The summed E-state index contributed by atoms with van der Waals surface area (Å²) in [4.78, 5) is 0. The monoisotopic (exact) mass is 181 g/mol. The summed E-state index contributed by atoms with van der Waals surface area (Å²) in [6, 6.07) is 7.41. The fourth-order valence-electron chi connectivity index (χ4n) is 1.31. The number of hydrogen-bond donors (Lipinski definition) is 2. The molecule has 72 valence electrons. The second kappa shape index (κ2) is 4.97. The van der Waals surface area contributed by atoms with Gasteiger partial charge in [0, 0.05) is 7.11 Å². The molecule has 0 amide bonds. The van der Waals surface area contributed by atoms with Gasteiger partial charge in [0.1, 0.15) is 0 Å². The van der Waals surface area contributed by atoms with E-state index >= 15 is 0 Å². The second-order valence-electron chi connectivity index (χ2n) is 2.92. The summed E-state index contributed by atoms with van der Waals surface area (Å²) >= 11 is 0. The largest absolute Gasteiger partial charge is 0.392 e. The van der Waals surface area contributed by atoms with E-state index in [2.05, 4.69) is 0 Å². The maximum atomic E-state index is 9.04. The highest BCUT2D eigenvalue weighted by atomic mass is 16.5. The summed E-state index contributed by atoms with van der Waals surface area (Å²) in [5.41, 5.74) is 7.66. The van der Waals surface area contributed by atoms with Gasteiger partial charge in [0.15, 0.2) is 0 Å². The van der Waals surface area contributed by atoms with Crippen LogP contribution in [-0.2, 0) is 11.3 Å². The standard InChI is InChI=1S/C10H15NO2/c1-13-7-10(11)9-5-3-2-4-8(9)6-12/h2-5,10,12H,6-7,11H2,1H3/t10-/m1/s1. The molecule has 0 unspecified atom stereocenters. The first-order chi connectivity index (χ1) is 6.29. The molecule has 0 aliphatic carbocycles. The quantitative estimate of drug-likeness (QED) is 0.723. The Labute approximate surface area is 78.1 Å². The second-order valence-corrected chi connectivity index (χ2v) is 2.92. The van der Waals surface area contributed by atoms with Crippen LogP contribution in [0.1, 0.15) is 17.2 Å². The maximum Gasteiger partial charge on any atom is 0.0685 e. The highest BCUT2D eigenvalue weighted by Crippen LogP contribution is 2.15. The zero-order chi connectivity index (χ0) is 9.68. The van der Waals surface area contributed by atoms with E-state index in [9.17, 15) is 0 Å². The number of rotatable bonds is 4. The van der Waals surface area contributed by atoms with Crippen LogP contribution in [0.25, 0.3) is 0 Å². The third kappa shape index (κ3) is 2.52. The van der Waals surface area contributed by atoms with Crippen LogP contribution in [0.3, 0.4) is 0 Å². The number of hydrogen-bond acceptors (Lipinski definition) is 3. The normalized spacial score (nSPS) is 12.8. The van der Waals surface area contributed by atoms with E-state index in [4.69, 9.17) is 15.6 Å². The van der Waals surface area contributed by atoms with Gasteiger partial charge in [-0.05, 0) is 11.1 Å². The van der Waals surface area contributed by atoms with Crippen molar-refractivity contribution in [2.24, 2.45) is 5.73 Å². The van der Waals surface area contributed by atoms with Gasteiger partial charge >= 0.3 is 0 Å². The average molecular weight is 181 g/mol. The highest BCUT2D eigenvalue weighted by molar-refractivity contribution is 5.29. The number of aliphatic hydroxyl groups is 1. The lowest BCUT2D eigenvalue weighted by molar-refractivity contribution is 0.179. The van der Waals surface area contributed by atoms with Crippen molar-refractivity contribution in [2.45, 2.75) is 12.6 Å². The summed E-state index contributed by atoms with van der Waals surface area (Å²) < 4.78 is 4.95. The van der Waals surface area contributed by atoms with Crippen molar-refractivity contribution in [3.63, 3.8) is 0 Å². The van der Waals surface area contributed by atoms with E-state index < -0.39 is 0 Å². The molecule has 0 radical (unpaired) electrons. The van der Waals surface area contributed by atoms with E-state index in [1.165, 1.54) is 0 Å². The van der Waals surface area contributed by atoms with E-state index in [1.54, 1.807) is 7.11 Å². The van der Waals surface area contributed by atoms with Gasteiger partial charge in [-0.3, -0.25) is 0 Å². The van der Waals surface area contributed by atoms with Gasteiger partial charge in [-0.15, -0.1) is 0 Å². The molecule has 0 saturated heterocycles. The summed E-state index contributed by atoms with van der Waals surface area (Å²) in [7, 11) is 1.61. The van der Waals surface area contributed by atoms with Crippen molar-refractivity contribution in [2.75, 3.05) is 13.7 Å². The molecule has 0 heterocycles. The van der Waals surface area contributed by atoms with E-state index in [1.807, 2.05) is 24.3 Å². The topological polar surface area (TPSA) is 55.5 Å². The lowest BCUT2D eigenvalue weighted by Crippen LogP contribution is -2.17. The third-order valence-corrected chi connectivity index (χ3v) is 1.97. The predicted molar refractivity (Wildman–Crippen MR) is 51.2 cm³/mol. The minimum Gasteiger partial charge on any atom is -0.392 e. The summed E-state index contributed by atoms with van der Waals surface area (Å²) in [6.07, 6.45) is 0. The molecule has 13 heavy (non-hydrogen) atoms. The molecule has 0 aromatic heterocycles. The van der Waals surface area contributed by atoms with Crippen LogP contribution in [-0.4, -0.2) is 18.8 Å². The Morgan fingerprint density at radius 2 is 2.15 bits per heavy atom. The SMILES string of the molecule is COC[C@@H](N)c1ccccc1CO. The van der Waals surface area contributed by atoms with Crippen LogP contribution in [0.2, 0.25) is 0 Å². The van der Waals surface area contributed by atoms with Crippen molar-refractivity contribution in [3.05, 3.63) is 35.4 Å². The van der Waals surface area contributed by atoms with Gasteiger partial charge in [-0.1, -0.05) is 24.3 Å². The van der Waals surface area contributed by atoms with Crippen molar-refractivity contribution >= 4 is 0 Å². The average Bonchev–Trinajstić information content (AvgIpc) is 2.18. The first kappa shape index (κ1) is 10.2. The van der Waals surface area contributed by atoms with Gasteiger partial charge in [0.05, 0.1) is 19.3 Å². The van der Waals surface area contributed by atoms with Crippen molar-refractivity contribution in [1.82, 2.24) is 0 Å². The Kier molecular flexibility index (Phi) is 3.89. The third-order valence-electron chi connectivity index (χ3n) is 1.97. The molecule has 1 aromatic carbocycles. The molecular formula is C10H15NO2. The molecule has 1 atom stereocenters. The Morgan fingerprint density at radius 3 is 2.77 bits per heavy atom. The first-order valence-corrected chi connectivity index (χ1v) is 4.22. The fourth-order valence-corrected chi connectivity index (χ4v) is 1.31. The molecule has 0 saturated carbocycles. The van der Waals surface area contributed by atoms with Crippen molar-refractivity contribution < 1.29 is 9.84 Å². The van der Waals surface area contributed by atoms with Crippen molar-refractivity contribution in [1.29, 1.82) is 0 Å². The number of methoxy groups -OCH3 is 1. The number of nitrogens with two attached hydrogens (primary N) is 1.